The number of fused-ring (bicyclic) bond motifs is 2. The number of nitrogens with zero attached hydrogens (tertiary/aromatic N) is 2. The zero-order chi connectivity index (χ0) is 14.2. The molecule has 3 nitrogen and oxygen atoms in total. The fraction of sp³-hybridized carbons (Fsp3) is 0.167. The summed E-state index contributed by atoms with van der Waals surface area (Å²) in [5.74, 6) is 0. The lowest BCUT2D eigenvalue weighted by Crippen LogP contribution is -2.16. The van der Waals surface area contributed by atoms with Gasteiger partial charge in [-0.1, -0.05) is 30.3 Å². The zero-order valence-corrected chi connectivity index (χ0v) is 11.8. The van der Waals surface area contributed by atoms with Crippen LogP contribution in [0, 0.1) is 0 Å². The second-order valence-electron chi connectivity index (χ2n) is 5.67. The van der Waals surface area contributed by atoms with Gasteiger partial charge < -0.3 is 5.73 Å². The highest BCUT2D eigenvalue weighted by Crippen LogP contribution is 2.27. The van der Waals surface area contributed by atoms with Gasteiger partial charge in [-0.25, -0.2) is 0 Å². The van der Waals surface area contributed by atoms with Crippen molar-refractivity contribution in [1.29, 1.82) is 0 Å². The molecule has 0 radical (unpaired) electrons. The number of aromatic nitrogens is 1. The summed E-state index contributed by atoms with van der Waals surface area (Å²) in [6.45, 7) is 2.87. The molecule has 3 aromatic rings. The first-order valence-corrected chi connectivity index (χ1v) is 7.22. The summed E-state index contributed by atoms with van der Waals surface area (Å²) in [6.07, 6.45) is 1.87. The number of pyridine rings is 1. The average molecular weight is 275 g/mol. The number of hydrogen-bond acceptors (Lipinski definition) is 3. The summed E-state index contributed by atoms with van der Waals surface area (Å²) < 4.78 is 0. The second kappa shape index (κ2) is 4.86. The molecule has 2 N–H and O–H groups in total. The molecule has 1 aromatic heterocycles. The van der Waals surface area contributed by atoms with E-state index >= 15 is 0 Å². The molecule has 104 valence electrons. The minimum atomic E-state index is 0.849. The highest BCUT2D eigenvalue weighted by atomic mass is 15.1. The van der Waals surface area contributed by atoms with Crippen molar-refractivity contribution in [1.82, 2.24) is 9.88 Å². The van der Waals surface area contributed by atoms with Crippen molar-refractivity contribution >= 4 is 16.6 Å². The summed E-state index contributed by atoms with van der Waals surface area (Å²) in [6, 6.07) is 16.7. The molecule has 0 bridgehead atoms. The Kier molecular flexibility index (Phi) is 2.86. The summed E-state index contributed by atoms with van der Waals surface area (Å²) >= 11 is 0. The van der Waals surface area contributed by atoms with Crippen molar-refractivity contribution in [3.05, 3.63) is 71.4 Å². The maximum atomic E-state index is 5.87. The largest absolute Gasteiger partial charge is 0.399 e. The second-order valence-corrected chi connectivity index (χ2v) is 5.67. The van der Waals surface area contributed by atoms with Gasteiger partial charge in [-0.05, 0) is 34.9 Å². The standard InChI is InChI=1S/C18H17N3/c19-17-7-6-14-10-21(12-16(14)9-17)11-15-4-1-3-13-5-2-8-20-18(13)15/h1-9H,10-12,19H2. The normalized spacial score (nSPS) is 14.5. The van der Waals surface area contributed by atoms with E-state index in [0.29, 0.717) is 0 Å². The van der Waals surface area contributed by atoms with Gasteiger partial charge in [0.15, 0.2) is 0 Å². The molecule has 21 heavy (non-hydrogen) atoms. The van der Waals surface area contributed by atoms with Crippen molar-refractivity contribution in [3.63, 3.8) is 0 Å². The number of hydrogen-bond donors (Lipinski definition) is 1. The van der Waals surface area contributed by atoms with E-state index in [4.69, 9.17) is 5.73 Å². The lowest BCUT2D eigenvalue weighted by molar-refractivity contribution is 0.276. The van der Waals surface area contributed by atoms with E-state index in [0.717, 1.165) is 30.8 Å². The highest BCUT2D eigenvalue weighted by Gasteiger charge is 2.19. The fourth-order valence-corrected chi connectivity index (χ4v) is 3.13. The van der Waals surface area contributed by atoms with Crippen LogP contribution in [0.25, 0.3) is 10.9 Å². The molecule has 1 aliphatic heterocycles. The van der Waals surface area contributed by atoms with E-state index in [1.807, 2.05) is 18.3 Å². The van der Waals surface area contributed by atoms with Gasteiger partial charge in [-0.3, -0.25) is 9.88 Å². The van der Waals surface area contributed by atoms with E-state index in [-0.39, 0.29) is 0 Å². The number of para-hydroxylation sites is 1. The number of rotatable bonds is 2. The van der Waals surface area contributed by atoms with Gasteiger partial charge >= 0.3 is 0 Å². The molecule has 0 aliphatic carbocycles. The molecule has 0 atom stereocenters. The molecular weight excluding hydrogens is 258 g/mol. The molecule has 0 fully saturated rings. The van der Waals surface area contributed by atoms with Crippen LogP contribution in [0.5, 0.6) is 0 Å². The first kappa shape index (κ1) is 12.4. The Labute approximate surface area is 124 Å². The van der Waals surface area contributed by atoms with E-state index < -0.39 is 0 Å². The van der Waals surface area contributed by atoms with Crippen molar-refractivity contribution in [2.24, 2.45) is 0 Å². The third-order valence-corrected chi connectivity index (χ3v) is 4.13. The van der Waals surface area contributed by atoms with Crippen LogP contribution < -0.4 is 5.73 Å². The quantitative estimate of drug-likeness (QED) is 0.729. The van der Waals surface area contributed by atoms with Gasteiger partial charge in [0.05, 0.1) is 5.52 Å². The van der Waals surface area contributed by atoms with Crippen LogP contribution in [0.4, 0.5) is 5.69 Å². The molecule has 0 saturated heterocycles. The number of anilines is 1. The minimum absolute atomic E-state index is 0.849. The van der Waals surface area contributed by atoms with Gasteiger partial charge in [0.2, 0.25) is 0 Å². The van der Waals surface area contributed by atoms with Crippen LogP contribution in [-0.4, -0.2) is 9.88 Å². The van der Waals surface area contributed by atoms with Crippen LogP contribution in [-0.2, 0) is 19.6 Å². The first-order valence-electron chi connectivity index (χ1n) is 7.22. The summed E-state index contributed by atoms with van der Waals surface area (Å²) in [7, 11) is 0. The topological polar surface area (TPSA) is 42.1 Å². The lowest BCUT2D eigenvalue weighted by atomic mass is 10.1. The van der Waals surface area contributed by atoms with Crippen molar-refractivity contribution in [2.75, 3.05) is 5.73 Å². The Morgan fingerprint density at radius 2 is 1.86 bits per heavy atom. The molecule has 3 heteroatoms. The Morgan fingerprint density at radius 1 is 1.00 bits per heavy atom. The predicted molar refractivity (Wildman–Crippen MR) is 85.5 cm³/mol. The van der Waals surface area contributed by atoms with Crippen molar-refractivity contribution in [3.8, 4) is 0 Å². The van der Waals surface area contributed by atoms with Crippen LogP contribution in [0.3, 0.4) is 0 Å². The van der Waals surface area contributed by atoms with E-state index in [1.165, 1.54) is 22.1 Å². The molecular formula is C18H17N3. The highest BCUT2D eigenvalue weighted by molar-refractivity contribution is 5.81. The molecule has 0 saturated carbocycles. The van der Waals surface area contributed by atoms with Gasteiger partial charge in [0.25, 0.3) is 0 Å². The van der Waals surface area contributed by atoms with Crippen molar-refractivity contribution in [2.45, 2.75) is 19.6 Å². The molecule has 2 heterocycles. The van der Waals surface area contributed by atoms with Crippen LogP contribution in [0.1, 0.15) is 16.7 Å². The maximum Gasteiger partial charge on any atom is 0.0746 e. The minimum Gasteiger partial charge on any atom is -0.399 e. The SMILES string of the molecule is Nc1ccc2c(c1)CN(Cc1cccc3cccnc13)C2. The number of benzene rings is 2. The van der Waals surface area contributed by atoms with E-state index in [9.17, 15) is 0 Å². The Hall–Kier alpha value is -2.39. The average Bonchev–Trinajstić information content (AvgIpc) is 2.89. The zero-order valence-electron chi connectivity index (χ0n) is 11.8. The van der Waals surface area contributed by atoms with Gasteiger partial charge in [0, 0.05) is 36.9 Å². The fourth-order valence-electron chi connectivity index (χ4n) is 3.13. The van der Waals surface area contributed by atoms with Crippen LogP contribution in [0.2, 0.25) is 0 Å². The number of nitrogens with two attached hydrogens (primary N) is 1. The smallest absolute Gasteiger partial charge is 0.0746 e. The molecule has 4 rings (SSSR count). The Balaban J connectivity index is 1.62. The van der Waals surface area contributed by atoms with Gasteiger partial charge in [-0.15, -0.1) is 0 Å². The number of nitrogen functional groups attached to an aromatic ring is 1. The molecule has 0 spiro atoms. The van der Waals surface area contributed by atoms with E-state index in [1.54, 1.807) is 0 Å². The summed E-state index contributed by atoms with van der Waals surface area (Å²) in [4.78, 5) is 6.98. The first-order chi connectivity index (χ1) is 10.3. The Morgan fingerprint density at radius 3 is 2.81 bits per heavy atom. The Bertz CT molecular complexity index is 805. The van der Waals surface area contributed by atoms with E-state index in [2.05, 4.69) is 46.3 Å². The molecule has 0 amide bonds. The molecule has 1 aliphatic rings. The lowest BCUT2D eigenvalue weighted by Gasteiger charge is -2.15. The summed E-state index contributed by atoms with van der Waals surface area (Å²) in [5, 5.41) is 1.20. The maximum absolute atomic E-state index is 5.87. The monoisotopic (exact) mass is 275 g/mol. The summed E-state index contributed by atoms with van der Waals surface area (Å²) in [5.41, 5.74) is 11.9. The van der Waals surface area contributed by atoms with Crippen molar-refractivity contribution < 1.29 is 0 Å². The van der Waals surface area contributed by atoms with Crippen LogP contribution in [0.15, 0.2) is 54.7 Å². The van der Waals surface area contributed by atoms with Gasteiger partial charge in [-0.2, -0.15) is 0 Å². The van der Waals surface area contributed by atoms with Gasteiger partial charge in [0.1, 0.15) is 0 Å². The predicted octanol–water partition coefficient (Wildman–Crippen LogP) is 3.33. The molecule has 2 aromatic carbocycles. The third kappa shape index (κ3) is 2.26. The third-order valence-electron chi connectivity index (χ3n) is 4.13. The van der Waals surface area contributed by atoms with Crippen LogP contribution >= 0.6 is 0 Å². The molecule has 0 unspecified atom stereocenters.